The summed E-state index contributed by atoms with van der Waals surface area (Å²) in [6.45, 7) is 1.28. The average molecular weight is 373 g/mol. The number of nitrogens with one attached hydrogen (secondary N) is 2. The lowest BCUT2D eigenvalue weighted by Crippen LogP contribution is -2.26. The first-order valence-electron chi connectivity index (χ1n) is 8.59. The third kappa shape index (κ3) is 3.75. The molecule has 0 atom stereocenters. The first-order chi connectivity index (χ1) is 13.1. The number of ether oxygens (including phenoxy) is 2. The van der Waals surface area contributed by atoms with E-state index in [1.807, 2.05) is 0 Å². The molecule has 3 aromatic rings. The van der Waals surface area contributed by atoms with E-state index in [0.717, 1.165) is 25.0 Å². The van der Waals surface area contributed by atoms with Crippen LogP contribution >= 0.6 is 0 Å². The molecule has 4 rings (SSSR count). The zero-order valence-electron chi connectivity index (χ0n) is 14.3. The van der Waals surface area contributed by atoms with E-state index in [0.29, 0.717) is 35.7 Å². The highest BCUT2D eigenvalue weighted by Gasteiger charge is 2.18. The summed E-state index contributed by atoms with van der Waals surface area (Å²) in [5.41, 5.74) is 0.886. The summed E-state index contributed by atoms with van der Waals surface area (Å²) in [4.78, 5) is 19.6. The molecule has 0 spiro atoms. The molecule has 1 fully saturated rings. The van der Waals surface area contributed by atoms with Crippen molar-refractivity contribution in [2.24, 2.45) is 0 Å². The Bertz CT molecular complexity index is 983. The van der Waals surface area contributed by atoms with Crippen LogP contribution in [-0.4, -0.2) is 35.2 Å². The van der Waals surface area contributed by atoms with E-state index in [2.05, 4.69) is 15.3 Å². The second-order valence-electron chi connectivity index (χ2n) is 6.26. The predicted octanol–water partition coefficient (Wildman–Crippen LogP) is 3.65. The van der Waals surface area contributed by atoms with E-state index < -0.39 is 17.5 Å². The molecule has 8 heteroatoms. The molecule has 0 saturated carbocycles. The van der Waals surface area contributed by atoms with Crippen molar-refractivity contribution < 1.29 is 23.0 Å². The van der Waals surface area contributed by atoms with Crippen molar-refractivity contribution in [2.45, 2.75) is 18.9 Å². The lowest BCUT2D eigenvalue weighted by molar-refractivity contribution is 0.0236. The number of hydrogen-bond acceptors (Lipinski definition) is 4. The number of aromatic nitrogens is 2. The number of H-pyrrole nitrogens is 1. The van der Waals surface area contributed by atoms with Crippen LogP contribution in [0.2, 0.25) is 0 Å². The number of aromatic amines is 1. The van der Waals surface area contributed by atoms with Gasteiger partial charge in [0.05, 0.1) is 24.4 Å². The number of benzene rings is 1. The van der Waals surface area contributed by atoms with Crippen molar-refractivity contribution in [2.75, 3.05) is 18.5 Å². The number of hydrogen-bond donors (Lipinski definition) is 2. The van der Waals surface area contributed by atoms with E-state index in [4.69, 9.17) is 9.47 Å². The molecule has 1 aromatic carbocycles. The molecular weight excluding hydrogens is 356 g/mol. The van der Waals surface area contributed by atoms with Crippen LogP contribution in [0.4, 0.5) is 14.5 Å². The molecule has 2 N–H and O–H groups in total. The number of fused-ring (bicyclic) bond motifs is 1. The normalized spacial score (nSPS) is 15.0. The highest BCUT2D eigenvalue weighted by molar-refractivity contribution is 6.08. The predicted molar refractivity (Wildman–Crippen MR) is 94.9 cm³/mol. The van der Waals surface area contributed by atoms with Crippen molar-refractivity contribution >= 4 is 22.5 Å². The highest BCUT2D eigenvalue weighted by Crippen LogP contribution is 2.26. The molecule has 1 amide bonds. The van der Waals surface area contributed by atoms with Gasteiger partial charge in [-0.3, -0.25) is 4.79 Å². The second-order valence-corrected chi connectivity index (χ2v) is 6.26. The largest absolute Gasteiger partial charge is 0.474 e. The van der Waals surface area contributed by atoms with E-state index in [1.165, 1.54) is 6.20 Å². The van der Waals surface area contributed by atoms with Crippen LogP contribution in [0.1, 0.15) is 23.3 Å². The molecule has 1 aliphatic rings. The average Bonchev–Trinajstić information content (AvgIpc) is 3.05. The number of pyridine rings is 1. The summed E-state index contributed by atoms with van der Waals surface area (Å²) in [6, 6.07) is 7.01. The maximum absolute atomic E-state index is 13.5. The van der Waals surface area contributed by atoms with Crippen LogP contribution in [0.5, 0.6) is 5.88 Å². The second kappa shape index (κ2) is 7.32. The Labute approximate surface area is 153 Å². The van der Waals surface area contributed by atoms with Gasteiger partial charge in [-0.1, -0.05) is 6.07 Å². The highest BCUT2D eigenvalue weighted by atomic mass is 19.2. The lowest BCUT2D eigenvalue weighted by atomic mass is 10.1. The fourth-order valence-corrected chi connectivity index (χ4v) is 2.98. The molecule has 3 heterocycles. The van der Waals surface area contributed by atoms with Gasteiger partial charge in [-0.25, -0.2) is 13.8 Å². The van der Waals surface area contributed by atoms with Gasteiger partial charge < -0.3 is 19.8 Å². The molecule has 2 aromatic heterocycles. The Kier molecular flexibility index (Phi) is 4.72. The molecule has 0 aliphatic carbocycles. The van der Waals surface area contributed by atoms with Gasteiger partial charge in [0.25, 0.3) is 5.91 Å². The maximum atomic E-state index is 13.5. The first-order valence-corrected chi connectivity index (χ1v) is 8.59. The molecule has 6 nitrogen and oxygen atoms in total. The van der Waals surface area contributed by atoms with Crippen LogP contribution < -0.4 is 10.1 Å². The quantitative estimate of drug-likeness (QED) is 0.732. The Balaban J connectivity index is 1.51. The molecule has 1 saturated heterocycles. The number of rotatable bonds is 4. The van der Waals surface area contributed by atoms with Gasteiger partial charge in [0.2, 0.25) is 5.88 Å². The fourth-order valence-electron chi connectivity index (χ4n) is 2.98. The van der Waals surface area contributed by atoms with Gasteiger partial charge >= 0.3 is 0 Å². The van der Waals surface area contributed by atoms with Crippen molar-refractivity contribution in [3.63, 3.8) is 0 Å². The van der Waals surface area contributed by atoms with E-state index >= 15 is 0 Å². The minimum Gasteiger partial charge on any atom is -0.474 e. The molecule has 140 valence electrons. The SMILES string of the molecule is O=C(Nc1c[nH]c2cc(F)c(F)cc12)c1cccc(OC2CCOCC2)n1. The minimum atomic E-state index is -0.984. The van der Waals surface area contributed by atoms with Crippen LogP contribution in [0.15, 0.2) is 36.5 Å². The van der Waals surface area contributed by atoms with E-state index in [-0.39, 0.29) is 11.8 Å². The molecule has 0 bridgehead atoms. The third-order valence-corrected chi connectivity index (χ3v) is 4.38. The topological polar surface area (TPSA) is 76.2 Å². The van der Waals surface area contributed by atoms with E-state index in [1.54, 1.807) is 18.2 Å². The summed E-state index contributed by atoms with van der Waals surface area (Å²) in [5, 5.41) is 3.03. The van der Waals surface area contributed by atoms with Crippen LogP contribution in [-0.2, 0) is 4.74 Å². The Morgan fingerprint density at radius 1 is 1.22 bits per heavy atom. The van der Waals surface area contributed by atoms with Crippen molar-refractivity contribution in [1.29, 1.82) is 0 Å². The number of carbonyl (C=O) groups is 1. The standard InChI is InChI=1S/C19H17F2N3O3/c20-13-8-12-16(9-14(13)21)22-10-17(12)24-19(25)15-2-1-3-18(23-15)27-11-4-6-26-7-5-11/h1-3,8-11,22H,4-7H2,(H,24,25). The van der Waals surface area contributed by atoms with Crippen LogP contribution in [0.3, 0.4) is 0 Å². The summed E-state index contributed by atoms with van der Waals surface area (Å²) in [5.74, 6) is -2.05. The Hall–Kier alpha value is -3.00. The van der Waals surface area contributed by atoms with Crippen molar-refractivity contribution in [1.82, 2.24) is 9.97 Å². The number of halogens is 2. The summed E-state index contributed by atoms with van der Waals surface area (Å²) >= 11 is 0. The van der Waals surface area contributed by atoms with Crippen LogP contribution in [0.25, 0.3) is 10.9 Å². The molecule has 1 aliphatic heterocycles. The Morgan fingerprint density at radius 3 is 2.81 bits per heavy atom. The molecule has 0 unspecified atom stereocenters. The number of carbonyl (C=O) groups excluding carboxylic acids is 1. The summed E-state index contributed by atoms with van der Waals surface area (Å²) in [6.07, 6.45) is 3.03. The minimum absolute atomic E-state index is 0.0102. The number of nitrogens with zero attached hydrogens (tertiary/aromatic N) is 1. The van der Waals surface area contributed by atoms with Gasteiger partial charge in [0, 0.05) is 36.6 Å². The lowest BCUT2D eigenvalue weighted by Gasteiger charge is -2.22. The van der Waals surface area contributed by atoms with Gasteiger partial charge in [-0.2, -0.15) is 0 Å². The van der Waals surface area contributed by atoms with Gasteiger partial charge in [-0.15, -0.1) is 0 Å². The van der Waals surface area contributed by atoms with Crippen molar-refractivity contribution in [3.8, 4) is 5.88 Å². The zero-order valence-corrected chi connectivity index (χ0v) is 14.3. The summed E-state index contributed by atoms with van der Waals surface area (Å²) < 4.78 is 37.9. The zero-order chi connectivity index (χ0) is 18.8. The number of anilines is 1. The van der Waals surface area contributed by atoms with E-state index in [9.17, 15) is 13.6 Å². The molecular formula is C19H17F2N3O3. The van der Waals surface area contributed by atoms with Crippen LogP contribution in [0, 0.1) is 11.6 Å². The smallest absolute Gasteiger partial charge is 0.274 e. The fraction of sp³-hybridized carbons (Fsp3) is 0.263. The van der Waals surface area contributed by atoms with Crippen molar-refractivity contribution in [3.05, 3.63) is 53.9 Å². The first kappa shape index (κ1) is 17.4. The third-order valence-electron chi connectivity index (χ3n) is 4.38. The maximum Gasteiger partial charge on any atom is 0.274 e. The molecule has 0 radical (unpaired) electrons. The van der Waals surface area contributed by atoms with Gasteiger partial charge in [0.15, 0.2) is 11.6 Å². The molecule has 27 heavy (non-hydrogen) atoms. The summed E-state index contributed by atoms with van der Waals surface area (Å²) in [7, 11) is 0. The number of amides is 1. The monoisotopic (exact) mass is 373 g/mol. The Morgan fingerprint density at radius 2 is 2.00 bits per heavy atom. The van der Waals surface area contributed by atoms with Gasteiger partial charge in [-0.05, 0) is 12.1 Å². The van der Waals surface area contributed by atoms with Gasteiger partial charge in [0.1, 0.15) is 11.8 Å².